The number of carboxylic acid groups (broad SMARTS) is 4. The molecule has 0 unspecified atom stereocenters. The molecule has 0 amide bonds. The molecular formula is C4BaO9Ti. The number of carboxylic acids is 4. The summed E-state index contributed by atoms with van der Waals surface area (Å²) in [6.45, 7) is 0. The average molecular weight is 377 g/mol. The molecule has 0 atom stereocenters. The van der Waals surface area contributed by atoms with Crippen LogP contribution in [-0.2, 0) is 42.9 Å². The maximum absolute atomic E-state index is 8.93. The molecule has 0 radical (unpaired) electrons. The molecule has 0 aliphatic heterocycles. The molecule has 11 heteroatoms. The second kappa shape index (κ2) is 16.4. The Morgan fingerprint density at radius 2 is 0.667 bits per heavy atom. The van der Waals surface area contributed by atoms with Gasteiger partial charge < -0.3 is 39.6 Å². The summed E-state index contributed by atoms with van der Waals surface area (Å²) < 4.78 is 8.25. The molecule has 0 aromatic heterocycles. The molecule has 0 N–H and O–H groups in total. The van der Waals surface area contributed by atoms with Gasteiger partial charge in [-0.2, -0.15) is 0 Å². The van der Waals surface area contributed by atoms with Crippen molar-refractivity contribution in [2.45, 2.75) is 0 Å². The molecule has 0 spiro atoms. The number of carbonyl (C=O) groups excluding carboxylic acids is 4. The monoisotopic (exact) mass is 378 g/mol. The van der Waals surface area contributed by atoms with Crippen molar-refractivity contribution in [2.24, 2.45) is 0 Å². The van der Waals surface area contributed by atoms with Crippen molar-refractivity contribution in [2.75, 3.05) is 0 Å². The number of hydrogen-bond acceptors (Lipinski definition) is 9. The van der Waals surface area contributed by atoms with E-state index in [1.165, 1.54) is 0 Å². The van der Waals surface area contributed by atoms with Crippen molar-refractivity contribution >= 4 is 72.8 Å². The first-order chi connectivity index (χ1) is 6.29. The zero-order valence-electron chi connectivity index (χ0n) is 6.88. The van der Waals surface area contributed by atoms with Gasteiger partial charge in [-0.15, -0.1) is 0 Å². The summed E-state index contributed by atoms with van der Waals surface area (Å²) in [6.07, 6.45) is 0. The Balaban J connectivity index is -0.0000000653. The van der Waals surface area contributed by atoms with Gasteiger partial charge in [-0.3, -0.25) is 0 Å². The summed E-state index contributed by atoms with van der Waals surface area (Å²) in [7, 11) is 0. The standard InChI is InChI=1S/2C2H2O4.Ba.O.Ti/c2*3-1(4)2(5)6;;;/h2*(H,3,4)(H,5,6);;;/q;;+2;;+2/p-4. The van der Waals surface area contributed by atoms with Crippen LogP contribution >= 0.6 is 0 Å². The van der Waals surface area contributed by atoms with Gasteiger partial charge in [0.15, 0.2) is 0 Å². The molecular weight excluding hydrogens is 377 g/mol. The van der Waals surface area contributed by atoms with Crippen LogP contribution < -0.4 is 20.4 Å². The van der Waals surface area contributed by atoms with Crippen molar-refractivity contribution in [3.63, 3.8) is 0 Å². The summed E-state index contributed by atoms with van der Waals surface area (Å²) in [5.41, 5.74) is 0. The predicted octanol–water partition coefficient (Wildman–Crippen LogP) is -7.53. The van der Waals surface area contributed by atoms with E-state index in [0.29, 0.717) is 0 Å². The SMILES string of the molecule is O=C([O-])C(=O)[O-].O=C([O-])C(=O)[O-].[Ba+2].[O]=[Ti+2]. The molecule has 0 fully saturated rings. The molecule has 0 aromatic rings. The van der Waals surface area contributed by atoms with Crippen molar-refractivity contribution in [1.29, 1.82) is 0 Å². The van der Waals surface area contributed by atoms with Gasteiger partial charge in [0, 0.05) is 0 Å². The Morgan fingerprint density at radius 1 is 0.600 bits per heavy atom. The van der Waals surface area contributed by atoms with E-state index in [-0.39, 0.29) is 48.9 Å². The fourth-order valence-electron chi connectivity index (χ4n) is 0. The van der Waals surface area contributed by atoms with E-state index < -0.39 is 23.9 Å². The molecule has 15 heavy (non-hydrogen) atoms. The van der Waals surface area contributed by atoms with Crippen molar-refractivity contribution < 1.29 is 63.3 Å². The third-order valence-corrected chi connectivity index (χ3v) is 0.333. The first kappa shape index (κ1) is 24.3. The molecule has 0 aliphatic carbocycles. The summed E-state index contributed by atoms with van der Waals surface area (Å²) in [5, 5.41) is 35.7. The summed E-state index contributed by atoms with van der Waals surface area (Å²) in [5.74, 6) is -8.74. The molecule has 76 valence electrons. The quantitative estimate of drug-likeness (QED) is 0.293. The van der Waals surface area contributed by atoms with E-state index >= 15 is 0 Å². The summed E-state index contributed by atoms with van der Waals surface area (Å²) in [4.78, 5) is 35.7. The molecule has 0 saturated carbocycles. The fourth-order valence-corrected chi connectivity index (χ4v) is 0. The third kappa shape index (κ3) is 31.5. The number of rotatable bonds is 0. The van der Waals surface area contributed by atoms with Crippen molar-refractivity contribution in [3.8, 4) is 0 Å². The molecule has 0 saturated heterocycles. The van der Waals surface area contributed by atoms with E-state index in [0.717, 1.165) is 20.4 Å². The van der Waals surface area contributed by atoms with Gasteiger partial charge in [-0.05, 0) is 0 Å². The Morgan fingerprint density at radius 3 is 0.667 bits per heavy atom. The van der Waals surface area contributed by atoms with Gasteiger partial charge >= 0.3 is 72.6 Å². The van der Waals surface area contributed by atoms with Crippen LogP contribution in [0.15, 0.2) is 0 Å². The van der Waals surface area contributed by atoms with E-state index in [9.17, 15) is 0 Å². The van der Waals surface area contributed by atoms with E-state index in [2.05, 4.69) is 0 Å². The van der Waals surface area contributed by atoms with E-state index in [4.69, 9.17) is 42.9 Å². The minimum atomic E-state index is -2.19. The van der Waals surface area contributed by atoms with Crippen LogP contribution in [-0.4, -0.2) is 72.8 Å². The second-order valence-electron chi connectivity index (χ2n) is 1.15. The topological polar surface area (TPSA) is 178 Å². The molecule has 0 heterocycles. The van der Waals surface area contributed by atoms with Crippen molar-refractivity contribution in [3.05, 3.63) is 0 Å². The van der Waals surface area contributed by atoms with Crippen LogP contribution in [0.25, 0.3) is 0 Å². The Hall–Kier alpha value is -0.0343. The minimum absolute atomic E-state index is 0. The first-order valence-corrected chi connectivity index (χ1v) is 2.97. The maximum atomic E-state index is 8.93. The van der Waals surface area contributed by atoms with Crippen LogP contribution in [0.5, 0.6) is 0 Å². The van der Waals surface area contributed by atoms with Gasteiger partial charge in [-0.1, -0.05) is 0 Å². The Kier molecular flexibility index (Phi) is 26.5. The van der Waals surface area contributed by atoms with Gasteiger partial charge in [0.1, 0.15) is 0 Å². The van der Waals surface area contributed by atoms with E-state index in [1.807, 2.05) is 0 Å². The Bertz CT molecular complexity index is 190. The van der Waals surface area contributed by atoms with Gasteiger partial charge in [-0.25, -0.2) is 0 Å². The number of hydrogen-bond donors (Lipinski definition) is 0. The number of aliphatic carboxylic acids is 4. The second-order valence-corrected chi connectivity index (χ2v) is 1.15. The summed E-state index contributed by atoms with van der Waals surface area (Å²) in [6, 6.07) is 0. The normalized spacial score (nSPS) is 6.27. The molecule has 0 bridgehead atoms. The predicted molar refractivity (Wildman–Crippen MR) is 26.5 cm³/mol. The zero-order chi connectivity index (χ0) is 12.3. The van der Waals surface area contributed by atoms with Crippen LogP contribution in [0.1, 0.15) is 0 Å². The molecule has 0 rings (SSSR count). The van der Waals surface area contributed by atoms with Gasteiger partial charge in [0.25, 0.3) is 0 Å². The van der Waals surface area contributed by atoms with Crippen LogP contribution in [0.2, 0.25) is 0 Å². The first-order valence-electron chi connectivity index (χ1n) is 2.34. The third-order valence-electron chi connectivity index (χ3n) is 0.333. The van der Waals surface area contributed by atoms with Crippen molar-refractivity contribution in [1.82, 2.24) is 0 Å². The van der Waals surface area contributed by atoms with E-state index in [1.54, 1.807) is 0 Å². The molecule has 9 nitrogen and oxygen atoms in total. The summed E-state index contributed by atoms with van der Waals surface area (Å²) >= 11 is 0.750. The number of carbonyl (C=O) groups is 4. The molecule has 0 aromatic carbocycles. The van der Waals surface area contributed by atoms with Crippen LogP contribution in [0.3, 0.4) is 0 Å². The zero-order valence-corrected chi connectivity index (χ0v) is 12.9. The van der Waals surface area contributed by atoms with Gasteiger partial charge in [0.2, 0.25) is 0 Å². The fraction of sp³-hybridized carbons (Fsp3) is 0. The van der Waals surface area contributed by atoms with Crippen LogP contribution in [0, 0.1) is 0 Å². The molecule has 0 aliphatic rings. The van der Waals surface area contributed by atoms with Crippen LogP contribution in [0.4, 0.5) is 0 Å². The van der Waals surface area contributed by atoms with Gasteiger partial charge in [0.05, 0.1) is 23.9 Å². The Labute approximate surface area is 134 Å². The average Bonchev–Trinajstić information content (AvgIpc) is 2.08.